The molecule has 3 heteroatoms. The molecule has 0 radical (unpaired) electrons. The molecule has 0 fully saturated rings. The van der Waals surface area contributed by atoms with E-state index >= 15 is 0 Å². The Bertz CT molecular complexity index is 418. The monoisotopic (exact) mass is 310 g/mol. The molecule has 0 saturated carbocycles. The van der Waals surface area contributed by atoms with Crippen LogP contribution in [0.1, 0.15) is 59.4 Å². The third-order valence-electron chi connectivity index (χ3n) is 3.97. The molecule has 0 amide bonds. The van der Waals surface area contributed by atoms with Crippen LogP contribution < -0.4 is 10.2 Å². The molecule has 2 nitrogen and oxygen atoms in total. The molecule has 120 valence electrons. The van der Waals surface area contributed by atoms with Crippen LogP contribution in [0, 0.1) is 0 Å². The zero-order chi connectivity index (χ0) is 15.8. The standard InChI is InChI=1S/C18H31ClN2/c1-6-8-12-21(15(5)7-2)18-11-9-10-17(19)16(18)13-20-14(3)4/h9-11,14-15,20H,6-8,12-13H2,1-5H3. The summed E-state index contributed by atoms with van der Waals surface area (Å²) in [6.45, 7) is 13.1. The first kappa shape index (κ1) is 18.3. The van der Waals surface area contributed by atoms with Crippen LogP contribution in [0.15, 0.2) is 18.2 Å². The van der Waals surface area contributed by atoms with Crippen molar-refractivity contribution in [3.8, 4) is 0 Å². The molecule has 1 aromatic rings. The second-order valence-corrected chi connectivity index (χ2v) is 6.48. The summed E-state index contributed by atoms with van der Waals surface area (Å²) in [5, 5.41) is 4.37. The van der Waals surface area contributed by atoms with Crippen molar-refractivity contribution in [3.05, 3.63) is 28.8 Å². The van der Waals surface area contributed by atoms with Crippen molar-refractivity contribution < 1.29 is 0 Å². The smallest absolute Gasteiger partial charge is 0.0471 e. The summed E-state index contributed by atoms with van der Waals surface area (Å²) in [6, 6.07) is 7.27. The fraction of sp³-hybridized carbons (Fsp3) is 0.667. The Kier molecular flexibility index (Phi) is 8.13. The number of halogens is 1. The summed E-state index contributed by atoms with van der Waals surface area (Å²) < 4.78 is 0. The summed E-state index contributed by atoms with van der Waals surface area (Å²) in [5.41, 5.74) is 2.52. The van der Waals surface area contributed by atoms with Crippen molar-refractivity contribution in [2.24, 2.45) is 0 Å². The van der Waals surface area contributed by atoms with Gasteiger partial charge in [-0.1, -0.05) is 51.8 Å². The van der Waals surface area contributed by atoms with Crippen LogP contribution in [0.5, 0.6) is 0 Å². The summed E-state index contributed by atoms with van der Waals surface area (Å²) in [7, 11) is 0. The highest BCUT2D eigenvalue weighted by atomic mass is 35.5. The van der Waals surface area contributed by atoms with E-state index in [2.05, 4.69) is 57.0 Å². The lowest BCUT2D eigenvalue weighted by Gasteiger charge is -2.33. The topological polar surface area (TPSA) is 15.3 Å². The van der Waals surface area contributed by atoms with Gasteiger partial charge < -0.3 is 10.2 Å². The van der Waals surface area contributed by atoms with E-state index in [0.29, 0.717) is 12.1 Å². The van der Waals surface area contributed by atoms with Crippen LogP contribution in [0.25, 0.3) is 0 Å². The normalized spacial score (nSPS) is 12.7. The first-order valence-electron chi connectivity index (χ1n) is 8.28. The largest absolute Gasteiger partial charge is 0.369 e. The fourth-order valence-electron chi connectivity index (χ4n) is 2.42. The quantitative estimate of drug-likeness (QED) is 0.670. The van der Waals surface area contributed by atoms with E-state index in [4.69, 9.17) is 11.6 Å². The predicted molar refractivity (Wildman–Crippen MR) is 95.4 cm³/mol. The highest BCUT2D eigenvalue weighted by Gasteiger charge is 2.17. The van der Waals surface area contributed by atoms with Gasteiger partial charge in [-0.3, -0.25) is 0 Å². The molecule has 0 aliphatic rings. The van der Waals surface area contributed by atoms with E-state index in [1.807, 2.05) is 6.07 Å². The summed E-state index contributed by atoms with van der Waals surface area (Å²) in [4.78, 5) is 2.52. The molecule has 0 aliphatic carbocycles. The first-order valence-corrected chi connectivity index (χ1v) is 8.66. The number of nitrogens with one attached hydrogen (secondary N) is 1. The molecule has 1 N–H and O–H groups in total. The van der Waals surface area contributed by atoms with E-state index in [-0.39, 0.29) is 0 Å². The van der Waals surface area contributed by atoms with Crippen molar-refractivity contribution in [2.75, 3.05) is 11.4 Å². The molecule has 0 spiro atoms. The molecular formula is C18H31ClN2. The molecule has 0 bridgehead atoms. The summed E-state index contributed by atoms with van der Waals surface area (Å²) in [5.74, 6) is 0. The zero-order valence-electron chi connectivity index (χ0n) is 14.2. The summed E-state index contributed by atoms with van der Waals surface area (Å²) >= 11 is 6.47. The SMILES string of the molecule is CCCCN(c1cccc(Cl)c1CNC(C)C)C(C)CC. The van der Waals surface area contributed by atoms with Gasteiger partial charge in [0.15, 0.2) is 0 Å². The molecule has 1 aromatic carbocycles. The second-order valence-electron chi connectivity index (χ2n) is 6.08. The third kappa shape index (κ3) is 5.52. The number of benzene rings is 1. The number of unbranched alkanes of at least 4 members (excludes halogenated alkanes) is 1. The Hall–Kier alpha value is -0.730. The molecule has 1 rings (SSSR count). The number of anilines is 1. The van der Waals surface area contributed by atoms with Crippen molar-refractivity contribution in [1.29, 1.82) is 0 Å². The van der Waals surface area contributed by atoms with Crippen LogP contribution >= 0.6 is 11.6 Å². The van der Waals surface area contributed by atoms with Gasteiger partial charge in [0.2, 0.25) is 0 Å². The third-order valence-corrected chi connectivity index (χ3v) is 4.32. The number of hydrogen-bond acceptors (Lipinski definition) is 2. The van der Waals surface area contributed by atoms with Crippen LogP contribution in [-0.4, -0.2) is 18.6 Å². The maximum absolute atomic E-state index is 6.47. The maximum atomic E-state index is 6.47. The Morgan fingerprint density at radius 3 is 2.48 bits per heavy atom. The highest BCUT2D eigenvalue weighted by molar-refractivity contribution is 6.31. The Morgan fingerprint density at radius 2 is 1.90 bits per heavy atom. The van der Waals surface area contributed by atoms with Crippen LogP contribution in [0.2, 0.25) is 5.02 Å². The average Bonchev–Trinajstić information content (AvgIpc) is 2.46. The lowest BCUT2D eigenvalue weighted by Crippen LogP contribution is -2.35. The number of hydrogen-bond donors (Lipinski definition) is 1. The van der Waals surface area contributed by atoms with Gasteiger partial charge in [-0.15, -0.1) is 0 Å². The molecular weight excluding hydrogens is 280 g/mol. The van der Waals surface area contributed by atoms with Crippen molar-refractivity contribution in [1.82, 2.24) is 5.32 Å². The molecule has 0 saturated heterocycles. The van der Waals surface area contributed by atoms with Crippen molar-refractivity contribution in [2.45, 2.75) is 72.5 Å². The minimum Gasteiger partial charge on any atom is -0.369 e. The van der Waals surface area contributed by atoms with E-state index in [1.165, 1.54) is 24.1 Å². The van der Waals surface area contributed by atoms with Crippen LogP contribution in [0.4, 0.5) is 5.69 Å². The van der Waals surface area contributed by atoms with Gasteiger partial charge in [-0.25, -0.2) is 0 Å². The van der Waals surface area contributed by atoms with Gasteiger partial charge in [0, 0.05) is 41.4 Å². The molecule has 1 unspecified atom stereocenters. The van der Waals surface area contributed by atoms with Gasteiger partial charge >= 0.3 is 0 Å². The van der Waals surface area contributed by atoms with Crippen molar-refractivity contribution in [3.63, 3.8) is 0 Å². The van der Waals surface area contributed by atoms with E-state index in [0.717, 1.165) is 24.5 Å². The number of nitrogens with zero attached hydrogens (tertiary/aromatic N) is 1. The van der Waals surface area contributed by atoms with Crippen LogP contribution in [0.3, 0.4) is 0 Å². The van der Waals surface area contributed by atoms with Gasteiger partial charge in [0.05, 0.1) is 0 Å². The van der Waals surface area contributed by atoms with Gasteiger partial charge in [0.1, 0.15) is 0 Å². The minimum absolute atomic E-state index is 0.460. The maximum Gasteiger partial charge on any atom is 0.0471 e. The second kappa shape index (κ2) is 9.32. The molecule has 0 aliphatic heterocycles. The van der Waals surface area contributed by atoms with E-state index < -0.39 is 0 Å². The Labute approximate surface area is 135 Å². The first-order chi connectivity index (χ1) is 10.0. The molecule has 21 heavy (non-hydrogen) atoms. The fourth-order valence-corrected chi connectivity index (χ4v) is 2.66. The molecule has 1 atom stereocenters. The predicted octanol–water partition coefficient (Wildman–Crippen LogP) is 5.24. The van der Waals surface area contributed by atoms with E-state index in [1.54, 1.807) is 0 Å². The lowest BCUT2D eigenvalue weighted by molar-refractivity contribution is 0.573. The molecule has 0 heterocycles. The van der Waals surface area contributed by atoms with Gasteiger partial charge in [-0.2, -0.15) is 0 Å². The zero-order valence-corrected chi connectivity index (χ0v) is 15.0. The summed E-state index contributed by atoms with van der Waals surface area (Å²) in [6.07, 6.45) is 3.58. The number of rotatable bonds is 9. The highest BCUT2D eigenvalue weighted by Crippen LogP contribution is 2.30. The van der Waals surface area contributed by atoms with Gasteiger partial charge in [-0.05, 0) is 31.9 Å². The Balaban J connectivity index is 3.07. The van der Waals surface area contributed by atoms with Crippen LogP contribution in [-0.2, 0) is 6.54 Å². The minimum atomic E-state index is 0.460. The molecule has 0 aromatic heterocycles. The van der Waals surface area contributed by atoms with Gasteiger partial charge in [0.25, 0.3) is 0 Å². The Morgan fingerprint density at radius 1 is 1.19 bits per heavy atom. The lowest BCUT2D eigenvalue weighted by atomic mass is 10.1. The average molecular weight is 311 g/mol. The van der Waals surface area contributed by atoms with Crippen molar-refractivity contribution >= 4 is 17.3 Å². The van der Waals surface area contributed by atoms with E-state index in [9.17, 15) is 0 Å².